The van der Waals surface area contributed by atoms with Crippen molar-refractivity contribution in [1.82, 2.24) is 0 Å². The van der Waals surface area contributed by atoms with Crippen LogP contribution < -0.4 is 0 Å². The molecule has 1 heterocycles. The molecule has 1 aliphatic heterocycles. The number of carboxylic acids is 1. The van der Waals surface area contributed by atoms with Gasteiger partial charge in [0.15, 0.2) is 0 Å². The van der Waals surface area contributed by atoms with E-state index in [4.69, 9.17) is 4.74 Å². The maximum atomic E-state index is 11.2. The Hall–Kier alpha value is -0.570. The third-order valence-electron chi connectivity index (χ3n) is 3.82. The van der Waals surface area contributed by atoms with E-state index in [-0.39, 0.29) is 0 Å². The lowest BCUT2D eigenvalue weighted by atomic mass is 9.82. The van der Waals surface area contributed by atoms with Crippen molar-refractivity contribution in [1.29, 1.82) is 0 Å². The highest BCUT2D eigenvalue weighted by molar-refractivity contribution is 5.75. The third kappa shape index (κ3) is 4.66. The highest BCUT2D eigenvalue weighted by Gasteiger charge is 2.41. The van der Waals surface area contributed by atoms with Crippen molar-refractivity contribution in [3.63, 3.8) is 0 Å². The Bertz CT molecular complexity index is 220. The van der Waals surface area contributed by atoms with Crippen LogP contribution >= 0.6 is 0 Å². The standard InChI is InChI=1S/C14H26O3/c1-2-3-4-5-6-7-8-9-14(13(15)16)10-11-17-12-14/h2-12H2,1H3,(H,15,16). The summed E-state index contributed by atoms with van der Waals surface area (Å²) < 4.78 is 5.25. The number of ether oxygens (including phenoxy) is 1. The van der Waals surface area contributed by atoms with Gasteiger partial charge in [-0.05, 0) is 12.8 Å². The van der Waals surface area contributed by atoms with E-state index in [2.05, 4.69) is 6.92 Å². The Morgan fingerprint density at radius 2 is 1.82 bits per heavy atom. The molecule has 3 heteroatoms. The van der Waals surface area contributed by atoms with Gasteiger partial charge in [-0.1, -0.05) is 51.9 Å². The van der Waals surface area contributed by atoms with Gasteiger partial charge in [0.05, 0.1) is 12.0 Å². The Morgan fingerprint density at radius 1 is 1.18 bits per heavy atom. The smallest absolute Gasteiger partial charge is 0.312 e. The van der Waals surface area contributed by atoms with Crippen LogP contribution in [0.2, 0.25) is 0 Å². The number of aliphatic carboxylic acids is 1. The van der Waals surface area contributed by atoms with Gasteiger partial charge in [0.1, 0.15) is 0 Å². The first-order chi connectivity index (χ1) is 8.21. The van der Waals surface area contributed by atoms with Crippen LogP contribution in [-0.4, -0.2) is 24.3 Å². The summed E-state index contributed by atoms with van der Waals surface area (Å²) in [6.45, 7) is 3.25. The molecule has 1 saturated heterocycles. The lowest BCUT2D eigenvalue weighted by Gasteiger charge is -2.21. The van der Waals surface area contributed by atoms with E-state index < -0.39 is 11.4 Å². The average molecular weight is 242 g/mol. The van der Waals surface area contributed by atoms with Crippen LogP contribution in [0.15, 0.2) is 0 Å². The molecule has 0 aromatic rings. The van der Waals surface area contributed by atoms with Gasteiger partial charge in [0, 0.05) is 6.61 Å². The van der Waals surface area contributed by atoms with Crippen molar-refractivity contribution in [2.75, 3.05) is 13.2 Å². The minimum atomic E-state index is -0.666. The van der Waals surface area contributed by atoms with E-state index in [1.807, 2.05) is 0 Å². The molecule has 0 radical (unpaired) electrons. The third-order valence-corrected chi connectivity index (χ3v) is 3.82. The fraction of sp³-hybridized carbons (Fsp3) is 0.929. The van der Waals surface area contributed by atoms with E-state index in [9.17, 15) is 9.90 Å². The molecule has 0 amide bonds. The molecule has 1 fully saturated rings. The normalized spacial score (nSPS) is 24.1. The molecule has 1 unspecified atom stereocenters. The molecule has 1 aliphatic rings. The molecule has 3 nitrogen and oxygen atoms in total. The molecule has 0 spiro atoms. The molecule has 1 atom stereocenters. The first-order valence-electron chi connectivity index (χ1n) is 7.02. The predicted molar refractivity (Wildman–Crippen MR) is 68.1 cm³/mol. The number of carbonyl (C=O) groups is 1. The molecule has 100 valence electrons. The maximum absolute atomic E-state index is 11.2. The molecule has 1 rings (SSSR count). The highest BCUT2D eigenvalue weighted by atomic mass is 16.5. The summed E-state index contributed by atoms with van der Waals surface area (Å²) in [7, 11) is 0. The van der Waals surface area contributed by atoms with Gasteiger partial charge in [0.25, 0.3) is 0 Å². The van der Waals surface area contributed by atoms with Gasteiger partial charge in [-0.25, -0.2) is 0 Å². The van der Waals surface area contributed by atoms with Gasteiger partial charge < -0.3 is 9.84 Å². The van der Waals surface area contributed by atoms with Crippen molar-refractivity contribution >= 4 is 5.97 Å². The van der Waals surface area contributed by atoms with Crippen molar-refractivity contribution < 1.29 is 14.6 Å². The van der Waals surface area contributed by atoms with Crippen LogP contribution in [0.25, 0.3) is 0 Å². The molecular formula is C14H26O3. The van der Waals surface area contributed by atoms with E-state index in [1.54, 1.807) is 0 Å². The summed E-state index contributed by atoms with van der Waals surface area (Å²) in [5, 5.41) is 9.26. The van der Waals surface area contributed by atoms with Crippen LogP contribution in [0.4, 0.5) is 0 Å². The summed E-state index contributed by atoms with van der Waals surface area (Å²) in [6.07, 6.45) is 10.1. The zero-order valence-electron chi connectivity index (χ0n) is 11.0. The summed E-state index contributed by atoms with van der Waals surface area (Å²) in [6, 6.07) is 0. The zero-order valence-corrected chi connectivity index (χ0v) is 11.0. The van der Waals surface area contributed by atoms with Gasteiger partial charge in [0.2, 0.25) is 0 Å². The largest absolute Gasteiger partial charge is 0.481 e. The maximum Gasteiger partial charge on any atom is 0.312 e. The quantitative estimate of drug-likeness (QED) is 0.628. The number of hydrogen-bond acceptors (Lipinski definition) is 2. The lowest BCUT2D eigenvalue weighted by molar-refractivity contribution is -0.149. The van der Waals surface area contributed by atoms with Crippen molar-refractivity contribution in [2.45, 2.75) is 64.7 Å². The van der Waals surface area contributed by atoms with Crippen LogP contribution in [0, 0.1) is 5.41 Å². The monoisotopic (exact) mass is 242 g/mol. The fourth-order valence-corrected chi connectivity index (χ4v) is 2.50. The van der Waals surface area contributed by atoms with Crippen LogP contribution in [0.3, 0.4) is 0 Å². The Balaban J connectivity index is 2.10. The fourth-order valence-electron chi connectivity index (χ4n) is 2.50. The average Bonchev–Trinajstić information content (AvgIpc) is 2.78. The second-order valence-electron chi connectivity index (χ2n) is 5.26. The predicted octanol–water partition coefficient (Wildman–Crippen LogP) is 3.62. The first-order valence-corrected chi connectivity index (χ1v) is 7.02. The molecule has 0 saturated carbocycles. The first kappa shape index (κ1) is 14.5. The SMILES string of the molecule is CCCCCCCCCC1(C(=O)O)CCOC1. The minimum absolute atomic E-state index is 0.415. The lowest BCUT2D eigenvalue weighted by Crippen LogP contribution is -2.31. The summed E-state index contributed by atoms with van der Waals surface area (Å²) in [5.41, 5.74) is -0.566. The Labute approximate surface area is 105 Å². The van der Waals surface area contributed by atoms with E-state index in [0.717, 1.165) is 12.8 Å². The number of hydrogen-bond donors (Lipinski definition) is 1. The van der Waals surface area contributed by atoms with Crippen molar-refractivity contribution in [2.24, 2.45) is 5.41 Å². The number of rotatable bonds is 9. The van der Waals surface area contributed by atoms with Crippen LogP contribution in [-0.2, 0) is 9.53 Å². The van der Waals surface area contributed by atoms with Gasteiger partial charge in [-0.2, -0.15) is 0 Å². The minimum Gasteiger partial charge on any atom is -0.481 e. The zero-order chi connectivity index (χ0) is 12.6. The van der Waals surface area contributed by atoms with Gasteiger partial charge in [-0.3, -0.25) is 4.79 Å². The van der Waals surface area contributed by atoms with Crippen molar-refractivity contribution in [3.05, 3.63) is 0 Å². The highest BCUT2D eigenvalue weighted by Crippen LogP contribution is 2.34. The summed E-state index contributed by atoms with van der Waals surface area (Å²) in [5.74, 6) is -0.666. The second-order valence-corrected chi connectivity index (χ2v) is 5.26. The molecule has 1 N–H and O–H groups in total. The van der Waals surface area contributed by atoms with Crippen LogP contribution in [0.5, 0.6) is 0 Å². The van der Waals surface area contributed by atoms with E-state index in [0.29, 0.717) is 19.6 Å². The Morgan fingerprint density at radius 3 is 2.35 bits per heavy atom. The molecular weight excluding hydrogens is 216 g/mol. The number of unbranched alkanes of at least 4 members (excludes halogenated alkanes) is 6. The summed E-state index contributed by atoms with van der Waals surface area (Å²) in [4.78, 5) is 11.2. The molecule has 0 aromatic heterocycles. The molecule has 0 bridgehead atoms. The topological polar surface area (TPSA) is 46.5 Å². The molecule has 17 heavy (non-hydrogen) atoms. The molecule has 0 aromatic carbocycles. The molecule has 0 aliphatic carbocycles. The van der Waals surface area contributed by atoms with E-state index >= 15 is 0 Å². The van der Waals surface area contributed by atoms with E-state index in [1.165, 1.54) is 38.5 Å². The van der Waals surface area contributed by atoms with Gasteiger partial charge >= 0.3 is 5.97 Å². The van der Waals surface area contributed by atoms with Crippen molar-refractivity contribution in [3.8, 4) is 0 Å². The summed E-state index contributed by atoms with van der Waals surface area (Å²) >= 11 is 0. The number of carboxylic acid groups (broad SMARTS) is 1. The second kappa shape index (κ2) is 7.70. The van der Waals surface area contributed by atoms with Crippen LogP contribution in [0.1, 0.15) is 64.7 Å². The Kier molecular flexibility index (Phi) is 6.56. The van der Waals surface area contributed by atoms with Gasteiger partial charge in [-0.15, -0.1) is 0 Å².